The van der Waals surface area contributed by atoms with Crippen LogP contribution in [0.15, 0.2) is 70.5 Å². The quantitative estimate of drug-likeness (QED) is 0.0310. The van der Waals surface area contributed by atoms with E-state index in [0.717, 1.165) is 4.57 Å². The molecule has 0 bridgehead atoms. The summed E-state index contributed by atoms with van der Waals surface area (Å²) in [4.78, 5) is 91.9. The molecule has 2 fully saturated rings. The van der Waals surface area contributed by atoms with Crippen LogP contribution in [-0.4, -0.2) is 113 Å². The highest BCUT2D eigenvalue weighted by Gasteiger charge is 2.41. The van der Waals surface area contributed by atoms with Crippen LogP contribution in [0.5, 0.6) is 0 Å². The summed E-state index contributed by atoms with van der Waals surface area (Å²) in [7, 11) is -14.6. The molecule has 74 heavy (non-hydrogen) atoms. The normalized spacial score (nSPS) is 22.4. The molecule has 0 aliphatic carbocycles. The fourth-order valence-electron chi connectivity index (χ4n) is 8.04. The van der Waals surface area contributed by atoms with Crippen LogP contribution < -0.4 is 22.8 Å². The molecule has 0 spiro atoms. The fourth-order valence-corrected chi connectivity index (χ4v) is 14.4. The van der Waals surface area contributed by atoms with Gasteiger partial charge in [-0.2, -0.15) is 9.97 Å². The minimum Gasteiger partial charge on any atom is -0.394 e. The van der Waals surface area contributed by atoms with E-state index in [9.17, 15) is 68.6 Å². The highest BCUT2D eigenvalue weighted by molar-refractivity contribution is 7.79. The Labute approximate surface area is 421 Å². The van der Waals surface area contributed by atoms with E-state index >= 15 is 0 Å². The van der Waals surface area contributed by atoms with Gasteiger partial charge in [0.25, 0.3) is 11.4 Å². The molecular formula is C42H59N8O21P3. The Bertz CT molecular complexity index is 2900. The van der Waals surface area contributed by atoms with Crippen LogP contribution in [0.25, 0.3) is 0 Å². The molecule has 0 radical (unpaired) electrons. The lowest BCUT2D eigenvalue weighted by atomic mass is 9.97. The topological polar surface area (TPSA) is 447 Å². The molecule has 11 N–H and O–H groups in total. The number of nitro benzene ring substituents is 2. The van der Waals surface area contributed by atoms with Crippen LogP contribution in [0.2, 0.25) is 0 Å². The van der Waals surface area contributed by atoms with Crippen molar-refractivity contribution >= 4 is 45.6 Å². The maximum absolute atomic E-state index is 12.6. The number of anilines is 2. The summed E-state index contributed by atoms with van der Waals surface area (Å²) in [5, 5.41) is 52.6. The van der Waals surface area contributed by atoms with Gasteiger partial charge in [0.15, 0.2) is 0 Å². The summed E-state index contributed by atoms with van der Waals surface area (Å²) in [6, 6.07) is 12.5. The Morgan fingerprint density at radius 3 is 1.50 bits per heavy atom. The van der Waals surface area contributed by atoms with Crippen LogP contribution in [0.1, 0.15) is 87.5 Å². The van der Waals surface area contributed by atoms with Crippen molar-refractivity contribution in [2.75, 3.05) is 36.5 Å². The van der Waals surface area contributed by atoms with E-state index in [-0.39, 0.29) is 73.1 Å². The number of hydrogen-bond donors (Lipinski definition) is 9. The third kappa shape index (κ3) is 15.9. The minimum atomic E-state index is -4.96. The fraction of sp³-hybridized carbons (Fsp3) is 0.524. The largest absolute Gasteiger partial charge is 0.394 e. The molecule has 2 aromatic carbocycles. The molecule has 0 saturated carbocycles. The number of aromatic nitrogens is 4. The van der Waals surface area contributed by atoms with Crippen molar-refractivity contribution in [3.05, 3.63) is 124 Å². The maximum Gasteiger partial charge on any atom is 0.351 e. The van der Waals surface area contributed by atoms with Crippen molar-refractivity contribution in [3.63, 3.8) is 0 Å². The van der Waals surface area contributed by atoms with Crippen molar-refractivity contribution < 1.29 is 81.9 Å². The van der Waals surface area contributed by atoms with Crippen LogP contribution in [-0.2, 0) is 50.4 Å². The first-order chi connectivity index (χ1) is 34.5. The molecule has 2 aromatic heterocycles. The third-order valence-electron chi connectivity index (χ3n) is 11.5. The molecule has 4 aromatic rings. The molecule has 32 heteroatoms. The minimum absolute atomic E-state index is 0.0245. The summed E-state index contributed by atoms with van der Waals surface area (Å²) in [6.07, 6.45) is -4.94. The zero-order valence-corrected chi connectivity index (χ0v) is 42.9. The number of nitrogens with two attached hydrogens (primary N) is 2. The number of nitrogens with zero attached hydrogens (tertiary/aromatic N) is 6. The predicted octanol–water partition coefficient (Wildman–Crippen LogP) is 3.15. The first-order valence-electron chi connectivity index (χ1n) is 22.6. The van der Waals surface area contributed by atoms with Gasteiger partial charge in [0.05, 0.1) is 71.8 Å². The van der Waals surface area contributed by atoms with E-state index < -0.39 is 111 Å². The lowest BCUT2D eigenvalue weighted by Crippen LogP contribution is -2.29. The van der Waals surface area contributed by atoms with Gasteiger partial charge in [-0.1, -0.05) is 52.0 Å². The average molecular weight is 1100 g/mol. The molecule has 0 amide bonds. The highest BCUT2D eigenvalue weighted by atomic mass is 31.3. The molecule has 29 nitrogen and oxygen atoms in total. The lowest BCUT2D eigenvalue weighted by Gasteiger charge is -2.23. The number of nitro groups is 2. The summed E-state index contributed by atoms with van der Waals surface area (Å²) < 4.78 is 65.4. The number of benzene rings is 2. The number of aliphatic hydroxyl groups excluding tert-OH is 3. The summed E-state index contributed by atoms with van der Waals surface area (Å²) in [5.74, 6) is -3.43. The van der Waals surface area contributed by atoms with E-state index in [0.29, 0.717) is 16.7 Å². The van der Waals surface area contributed by atoms with Crippen molar-refractivity contribution in [3.8, 4) is 0 Å². The van der Waals surface area contributed by atoms with Crippen molar-refractivity contribution in [2.24, 2.45) is 11.8 Å². The molecule has 4 heterocycles. The highest BCUT2D eigenvalue weighted by Crippen LogP contribution is 2.63. The van der Waals surface area contributed by atoms with Crippen LogP contribution in [0, 0.1) is 32.1 Å². The van der Waals surface area contributed by atoms with Gasteiger partial charge in [0.2, 0.25) is 7.37 Å². The second-order valence-electron chi connectivity index (χ2n) is 18.0. The van der Waals surface area contributed by atoms with Crippen molar-refractivity contribution in [2.45, 2.75) is 103 Å². The first kappa shape index (κ1) is 59.7. The Morgan fingerprint density at radius 1 is 0.716 bits per heavy atom. The average Bonchev–Trinajstić information content (AvgIpc) is 3.86. The van der Waals surface area contributed by atoms with E-state index in [1.165, 1.54) is 35.2 Å². The molecule has 2 saturated heterocycles. The van der Waals surface area contributed by atoms with Crippen LogP contribution >= 0.6 is 22.6 Å². The second-order valence-corrected chi connectivity index (χ2v) is 24.9. The monoisotopic (exact) mass is 1100 g/mol. The summed E-state index contributed by atoms with van der Waals surface area (Å²) in [6.45, 7) is 5.98. The van der Waals surface area contributed by atoms with Gasteiger partial charge in [-0.05, 0) is 24.0 Å². The number of nitrogen functional groups attached to an aromatic ring is 2. The first-order valence-corrected chi connectivity index (χ1v) is 28.1. The zero-order chi connectivity index (χ0) is 55.0. The third-order valence-corrected chi connectivity index (χ3v) is 18.5. The number of rotatable bonds is 22. The molecule has 2 aliphatic heterocycles. The van der Waals surface area contributed by atoms with E-state index in [1.54, 1.807) is 30.3 Å². The number of para-hydroxylation sites is 2. The predicted molar refractivity (Wildman–Crippen MR) is 260 cm³/mol. The van der Waals surface area contributed by atoms with Gasteiger partial charge in [-0.25, -0.2) is 9.59 Å². The Hall–Kier alpha value is -5.19. The van der Waals surface area contributed by atoms with Crippen molar-refractivity contribution in [1.29, 1.82) is 0 Å². The van der Waals surface area contributed by atoms with E-state index in [2.05, 4.69) is 9.97 Å². The molecule has 6 rings (SSSR count). The van der Waals surface area contributed by atoms with Gasteiger partial charge in [-0.3, -0.25) is 43.1 Å². The molecule has 2 unspecified atom stereocenters. The molecule has 10 atom stereocenters. The van der Waals surface area contributed by atoms with Gasteiger partial charge in [0.1, 0.15) is 48.1 Å². The SMILES string of the molecule is CC(C)[C@@H](OCc1cn([C@H]2C[C@@H](O)[C@@H](CO)O2)c(=O)nc1N)c1ccccc1[N+](=O)[O-].CC(C)[C@@H](OCc1cn([C@H]2C[C@@H](O)[C@@H](COP(=O)(O)CP(=O)(O)CP(=O)(O)O)O2)c(=O)nc1N)c1ccccc1[N+](=O)[O-]. The van der Waals surface area contributed by atoms with Gasteiger partial charge >= 0.3 is 26.6 Å². The van der Waals surface area contributed by atoms with E-state index in [4.69, 9.17) is 44.7 Å². The lowest BCUT2D eigenvalue weighted by molar-refractivity contribution is -0.386. The Balaban J connectivity index is 0.000000288. The second kappa shape index (κ2) is 25.1. The molecule has 2 aliphatic rings. The number of aliphatic hydroxyl groups is 3. The smallest absolute Gasteiger partial charge is 0.351 e. The summed E-state index contributed by atoms with van der Waals surface area (Å²) in [5.41, 5.74) is 11.6. The van der Waals surface area contributed by atoms with Crippen LogP contribution in [0.3, 0.4) is 0 Å². The van der Waals surface area contributed by atoms with Gasteiger partial charge in [0, 0.05) is 48.5 Å². The zero-order valence-electron chi connectivity index (χ0n) is 40.2. The molecule has 408 valence electrons. The van der Waals surface area contributed by atoms with E-state index in [1.807, 2.05) is 27.7 Å². The summed E-state index contributed by atoms with van der Waals surface area (Å²) >= 11 is 0. The van der Waals surface area contributed by atoms with Crippen molar-refractivity contribution in [1.82, 2.24) is 19.1 Å². The van der Waals surface area contributed by atoms with Gasteiger partial charge < -0.3 is 69.8 Å². The molecular weight excluding hydrogens is 1050 g/mol. The number of hydrogen-bond acceptors (Lipinski definition) is 21. The Morgan fingerprint density at radius 2 is 1.12 bits per heavy atom. The standard InChI is InChI=1S/C22H33N4O14P3.C20H26N4O7/c1-13(2)20(15-5-3-4-6-16(15)26(29)30)38-9-14-8-25(22(28)24-21(14)23)19-7-17(27)18(40-19)10-39-43(36,37)12-41(31,32)11-42(33,34)35;1-11(2)18(13-5-3-4-6-14(13)24(28)29)30-10-12-8-23(20(27)22-19(12)21)17-7-15(26)16(9-25)31-17/h3-6,8,13,17-20,27H,7,9-12H2,1-2H3,(H,31,32)(H,36,37)(H2,23,24,28)(H2,33,34,35);3-6,8,11,15-18,25-26H,7,9-10H2,1-2H3,(H2,21,22,27)/t17-,18-,19-,20-;15-,16-,17-,18-/m11/s1. The Kier molecular flexibility index (Phi) is 20.2. The van der Waals surface area contributed by atoms with Crippen LogP contribution in [0.4, 0.5) is 23.0 Å². The number of ether oxygens (including phenoxy) is 4. The maximum atomic E-state index is 12.6. The van der Waals surface area contributed by atoms with Gasteiger partial charge in [-0.15, -0.1) is 0 Å².